The molecular formula is C17H32N2. The van der Waals surface area contributed by atoms with E-state index in [1.807, 2.05) is 0 Å². The van der Waals surface area contributed by atoms with Crippen LogP contribution in [0, 0.1) is 5.92 Å². The lowest BCUT2D eigenvalue weighted by atomic mass is 9.95. The highest BCUT2D eigenvalue weighted by Gasteiger charge is 2.39. The van der Waals surface area contributed by atoms with Gasteiger partial charge in [-0.3, -0.25) is 4.90 Å². The summed E-state index contributed by atoms with van der Waals surface area (Å²) in [6, 6.07) is 3.48. The second-order valence-electron chi connectivity index (χ2n) is 7.24. The largest absolute Gasteiger partial charge is 0.311 e. The van der Waals surface area contributed by atoms with Gasteiger partial charge in [-0.1, -0.05) is 20.3 Å². The first-order valence-electron chi connectivity index (χ1n) is 8.81. The van der Waals surface area contributed by atoms with Gasteiger partial charge in [0.15, 0.2) is 0 Å². The number of nitrogens with zero attached hydrogens (tertiary/aromatic N) is 1. The third-order valence-corrected chi connectivity index (χ3v) is 5.96. The summed E-state index contributed by atoms with van der Waals surface area (Å²) in [6.45, 7) is 6.07. The molecule has 4 atom stereocenters. The standard InChI is InChI=1S/C17H32N2/c1-3-9-19(16-8-5-13(4-2)10-16)17-11-14-6-7-15(12-17)18-14/h13-18H,3-12H2,1-2H3. The molecule has 1 N–H and O–H groups in total. The molecule has 0 aromatic carbocycles. The molecule has 110 valence electrons. The summed E-state index contributed by atoms with van der Waals surface area (Å²) in [7, 11) is 0. The molecule has 2 bridgehead atoms. The number of fused-ring (bicyclic) bond motifs is 2. The van der Waals surface area contributed by atoms with Crippen molar-refractivity contribution < 1.29 is 0 Å². The summed E-state index contributed by atoms with van der Waals surface area (Å²) in [4.78, 5) is 2.93. The lowest BCUT2D eigenvalue weighted by Gasteiger charge is -2.41. The molecule has 1 aliphatic carbocycles. The summed E-state index contributed by atoms with van der Waals surface area (Å²) in [5.74, 6) is 1.02. The van der Waals surface area contributed by atoms with Crippen molar-refractivity contribution >= 4 is 0 Å². The van der Waals surface area contributed by atoms with Crippen molar-refractivity contribution in [3.8, 4) is 0 Å². The average Bonchev–Trinajstić information content (AvgIpc) is 3.02. The van der Waals surface area contributed by atoms with Crippen LogP contribution in [0.1, 0.15) is 71.6 Å². The highest BCUT2D eigenvalue weighted by Crippen LogP contribution is 2.36. The van der Waals surface area contributed by atoms with Crippen molar-refractivity contribution in [1.82, 2.24) is 10.2 Å². The van der Waals surface area contributed by atoms with Crippen LogP contribution in [0.2, 0.25) is 0 Å². The van der Waals surface area contributed by atoms with Gasteiger partial charge in [-0.2, -0.15) is 0 Å². The minimum absolute atomic E-state index is 0.839. The van der Waals surface area contributed by atoms with Crippen molar-refractivity contribution in [2.75, 3.05) is 6.54 Å². The molecule has 0 amide bonds. The molecule has 19 heavy (non-hydrogen) atoms. The SMILES string of the molecule is CCCN(C1CCC(CC)C1)C1CC2CCC(C1)N2. The molecular weight excluding hydrogens is 232 g/mol. The third-order valence-electron chi connectivity index (χ3n) is 5.96. The molecule has 4 unspecified atom stereocenters. The Morgan fingerprint density at radius 3 is 2.21 bits per heavy atom. The van der Waals surface area contributed by atoms with Crippen LogP contribution in [0.5, 0.6) is 0 Å². The second-order valence-corrected chi connectivity index (χ2v) is 7.24. The van der Waals surface area contributed by atoms with E-state index in [0.29, 0.717) is 0 Å². The zero-order valence-corrected chi connectivity index (χ0v) is 12.9. The third kappa shape index (κ3) is 3.00. The summed E-state index contributed by atoms with van der Waals surface area (Å²) in [6.07, 6.45) is 12.9. The Morgan fingerprint density at radius 2 is 1.63 bits per heavy atom. The second kappa shape index (κ2) is 6.13. The van der Waals surface area contributed by atoms with Crippen molar-refractivity contribution in [2.24, 2.45) is 5.92 Å². The zero-order chi connectivity index (χ0) is 13.2. The summed E-state index contributed by atoms with van der Waals surface area (Å²) < 4.78 is 0. The van der Waals surface area contributed by atoms with Crippen molar-refractivity contribution in [3.63, 3.8) is 0 Å². The first-order chi connectivity index (χ1) is 9.30. The maximum atomic E-state index is 3.80. The molecule has 0 aromatic heterocycles. The van der Waals surface area contributed by atoms with E-state index in [0.717, 1.165) is 30.1 Å². The molecule has 0 spiro atoms. The lowest BCUT2D eigenvalue weighted by molar-refractivity contribution is 0.0935. The van der Waals surface area contributed by atoms with Crippen molar-refractivity contribution in [1.29, 1.82) is 0 Å². The summed E-state index contributed by atoms with van der Waals surface area (Å²) >= 11 is 0. The predicted octanol–water partition coefficient (Wildman–Crippen LogP) is 3.56. The highest BCUT2D eigenvalue weighted by atomic mass is 15.2. The Morgan fingerprint density at radius 1 is 0.895 bits per heavy atom. The van der Waals surface area contributed by atoms with E-state index in [4.69, 9.17) is 0 Å². The van der Waals surface area contributed by atoms with Gasteiger partial charge in [0.05, 0.1) is 0 Å². The molecule has 2 heteroatoms. The Balaban J connectivity index is 1.63. The van der Waals surface area contributed by atoms with E-state index < -0.39 is 0 Å². The molecule has 3 rings (SSSR count). The smallest absolute Gasteiger partial charge is 0.0128 e. The van der Waals surface area contributed by atoms with Crippen LogP contribution < -0.4 is 5.32 Å². The van der Waals surface area contributed by atoms with E-state index in [9.17, 15) is 0 Å². The minimum atomic E-state index is 0.839. The fourth-order valence-corrected chi connectivity index (χ4v) is 4.94. The first-order valence-corrected chi connectivity index (χ1v) is 8.81. The topological polar surface area (TPSA) is 15.3 Å². The quantitative estimate of drug-likeness (QED) is 0.817. The number of hydrogen-bond donors (Lipinski definition) is 1. The van der Waals surface area contributed by atoms with Gasteiger partial charge >= 0.3 is 0 Å². The Hall–Kier alpha value is -0.0800. The fraction of sp³-hybridized carbons (Fsp3) is 1.00. The van der Waals surface area contributed by atoms with Crippen LogP contribution in [-0.4, -0.2) is 35.6 Å². The Bertz CT molecular complexity index is 279. The molecule has 2 heterocycles. The van der Waals surface area contributed by atoms with Gasteiger partial charge in [0, 0.05) is 24.2 Å². The van der Waals surface area contributed by atoms with Crippen molar-refractivity contribution in [2.45, 2.75) is 95.8 Å². The van der Waals surface area contributed by atoms with E-state index in [2.05, 4.69) is 24.1 Å². The molecule has 3 aliphatic rings. The summed E-state index contributed by atoms with van der Waals surface area (Å²) in [5, 5.41) is 3.80. The van der Waals surface area contributed by atoms with Crippen LogP contribution in [-0.2, 0) is 0 Å². The van der Waals surface area contributed by atoms with E-state index in [1.165, 1.54) is 64.3 Å². The molecule has 2 nitrogen and oxygen atoms in total. The van der Waals surface area contributed by atoms with Gasteiger partial charge in [0.2, 0.25) is 0 Å². The van der Waals surface area contributed by atoms with Crippen LogP contribution in [0.15, 0.2) is 0 Å². The Kier molecular flexibility index (Phi) is 4.48. The van der Waals surface area contributed by atoms with E-state index in [-0.39, 0.29) is 0 Å². The molecule has 0 aromatic rings. The van der Waals surface area contributed by atoms with Crippen LogP contribution in [0.25, 0.3) is 0 Å². The van der Waals surface area contributed by atoms with Gasteiger partial charge < -0.3 is 5.32 Å². The fourth-order valence-electron chi connectivity index (χ4n) is 4.94. The van der Waals surface area contributed by atoms with E-state index >= 15 is 0 Å². The normalized spacial score (nSPS) is 42.2. The average molecular weight is 264 g/mol. The van der Waals surface area contributed by atoms with Gasteiger partial charge in [-0.05, 0) is 63.8 Å². The van der Waals surface area contributed by atoms with E-state index in [1.54, 1.807) is 0 Å². The molecule has 2 saturated heterocycles. The first kappa shape index (κ1) is 13.9. The molecule has 3 fully saturated rings. The van der Waals surface area contributed by atoms with Crippen LogP contribution >= 0.6 is 0 Å². The van der Waals surface area contributed by atoms with Gasteiger partial charge in [0.25, 0.3) is 0 Å². The highest BCUT2D eigenvalue weighted by molar-refractivity contribution is 4.97. The molecule has 2 aliphatic heterocycles. The number of rotatable bonds is 5. The number of hydrogen-bond acceptors (Lipinski definition) is 2. The van der Waals surface area contributed by atoms with Crippen molar-refractivity contribution in [3.05, 3.63) is 0 Å². The number of piperidine rings is 1. The van der Waals surface area contributed by atoms with Gasteiger partial charge in [-0.25, -0.2) is 0 Å². The number of nitrogens with one attached hydrogen (secondary N) is 1. The van der Waals surface area contributed by atoms with Gasteiger partial charge in [-0.15, -0.1) is 0 Å². The molecule has 0 radical (unpaired) electrons. The van der Waals surface area contributed by atoms with Crippen LogP contribution in [0.4, 0.5) is 0 Å². The van der Waals surface area contributed by atoms with Crippen LogP contribution in [0.3, 0.4) is 0 Å². The van der Waals surface area contributed by atoms with Gasteiger partial charge in [0.1, 0.15) is 0 Å². The maximum absolute atomic E-state index is 3.80. The predicted molar refractivity (Wildman–Crippen MR) is 81.4 cm³/mol. The monoisotopic (exact) mass is 264 g/mol. The minimum Gasteiger partial charge on any atom is -0.311 e. The zero-order valence-electron chi connectivity index (χ0n) is 12.9. The molecule has 1 saturated carbocycles. The Labute approximate surface area is 119 Å². The maximum Gasteiger partial charge on any atom is 0.0128 e. The lowest BCUT2D eigenvalue weighted by Crippen LogP contribution is -2.51. The summed E-state index contributed by atoms with van der Waals surface area (Å²) in [5.41, 5.74) is 0.